The van der Waals surface area contributed by atoms with E-state index in [2.05, 4.69) is 17.3 Å². The first-order valence-electron chi connectivity index (χ1n) is 9.05. The number of rotatable bonds is 3. The van der Waals surface area contributed by atoms with E-state index in [9.17, 15) is 18.4 Å². The van der Waals surface area contributed by atoms with Crippen molar-refractivity contribution in [1.29, 1.82) is 0 Å². The molecule has 2 heterocycles. The molecule has 0 radical (unpaired) electrons. The van der Waals surface area contributed by atoms with Gasteiger partial charge in [-0.1, -0.05) is 6.07 Å². The van der Waals surface area contributed by atoms with Crippen LogP contribution in [0.1, 0.15) is 23.2 Å². The average Bonchev–Trinajstić information content (AvgIpc) is 3.07. The van der Waals surface area contributed by atoms with Gasteiger partial charge in [0.15, 0.2) is 0 Å². The molecule has 2 aliphatic heterocycles. The number of halogens is 2. The summed E-state index contributed by atoms with van der Waals surface area (Å²) >= 11 is 0. The molecular weight excluding hydrogens is 340 g/mol. The van der Waals surface area contributed by atoms with E-state index in [1.54, 1.807) is 7.05 Å². The van der Waals surface area contributed by atoms with Crippen molar-refractivity contribution in [3.63, 3.8) is 0 Å². The van der Waals surface area contributed by atoms with Gasteiger partial charge in [-0.15, -0.1) is 0 Å². The summed E-state index contributed by atoms with van der Waals surface area (Å²) in [7, 11) is 3.65. The van der Waals surface area contributed by atoms with Gasteiger partial charge in [-0.25, -0.2) is 8.78 Å². The molecule has 5 nitrogen and oxygen atoms in total. The largest absolute Gasteiger partial charge is 0.359 e. The fourth-order valence-corrected chi connectivity index (χ4v) is 4.25. The predicted octanol–water partition coefficient (Wildman–Crippen LogP) is 1.74. The third-order valence-corrected chi connectivity index (χ3v) is 5.78. The number of amides is 2. The van der Waals surface area contributed by atoms with Gasteiger partial charge in [-0.2, -0.15) is 0 Å². The third kappa shape index (κ3) is 3.58. The monoisotopic (exact) mass is 365 g/mol. The van der Waals surface area contributed by atoms with Crippen LogP contribution in [0.4, 0.5) is 8.78 Å². The number of nitrogens with one attached hydrogen (secondary N) is 1. The molecule has 2 fully saturated rings. The van der Waals surface area contributed by atoms with Gasteiger partial charge in [-0.05, 0) is 56.9 Å². The number of carbonyl (C=O) groups excluding carboxylic acids is 2. The van der Waals surface area contributed by atoms with Gasteiger partial charge in [0.25, 0.3) is 5.91 Å². The lowest BCUT2D eigenvalue weighted by Crippen LogP contribution is -2.39. The normalized spacial score (nSPS) is 24.7. The molecule has 0 spiro atoms. The molecule has 1 aromatic carbocycles. The van der Waals surface area contributed by atoms with Crippen LogP contribution in [0, 0.1) is 29.4 Å². The Balaban J connectivity index is 1.81. The van der Waals surface area contributed by atoms with Crippen molar-refractivity contribution in [2.24, 2.45) is 17.8 Å². The lowest BCUT2D eigenvalue weighted by Gasteiger charge is -2.34. The van der Waals surface area contributed by atoms with Gasteiger partial charge in [0.2, 0.25) is 5.91 Å². The van der Waals surface area contributed by atoms with Crippen molar-refractivity contribution < 1.29 is 18.4 Å². The molecule has 0 aromatic heterocycles. The Morgan fingerprint density at radius 2 is 1.73 bits per heavy atom. The van der Waals surface area contributed by atoms with Gasteiger partial charge in [-0.3, -0.25) is 9.59 Å². The highest BCUT2D eigenvalue weighted by Crippen LogP contribution is 2.36. The highest BCUT2D eigenvalue weighted by molar-refractivity contribution is 5.95. The Labute approximate surface area is 152 Å². The molecule has 142 valence electrons. The Kier molecular flexibility index (Phi) is 5.55. The van der Waals surface area contributed by atoms with Crippen molar-refractivity contribution in [2.45, 2.75) is 12.8 Å². The Hall–Kier alpha value is -2.02. The van der Waals surface area contributed by atoms with Crippen LogP contribution in [0.2, 0.25) is 0 Å². The zero-order valence-corrected chi connectivity index (χ0v) is 15.2. The van der Waals surface area contributed by atoms with E-state index in [1.807, 2.05) is 0 Å². The molecule has 2 unspecified atom stereocenters. The van der Waals surface area contributed by atoms with Crippen molar-refractivity contribution in [3.8, 4) is 0 Å². The summed E-state index contributed by atoms with van der Waals surface area (Å²) in [6.07, 6.45) is 1.93. The summed E-state index contributed by atoms with van der Waals surface area (Å²) in [5, 5.41) is 2.67. The highest BCUT2D eigenvalue weighted by Gasteiger charge is 2.44. The first kappa shape index (κ1) is 18.8. The van der Waals surface area contributed by atoms with E-state index >= 15 is 0 Å². The summed E-state index contributed by atoms with van der Waals surface area (Å²) in [5.41, 5.74) is -0.535. The third-order valence-electron chi connectivity index (χ3n) is 5.78. The second-order valence-electron chi connectivity index (χ2n) is 7.33. The minimum Gasteiger partial charge on any atom is -0.359 e. The molecule has 0 aliphatic carbocycles. The Morgan fingerprint density at radius 1 is 1.12 bits per heavy atom. The topological polar surface area (TPSA) is 52.7 Å². The lowest BCUT2D eigenvalue weighted by molar-refractivity contribution is -0.125. The number of nitrogens with zero attached hydrogens (tertiary/aromatic N) is 2. The number of likely N-dealkylation sites (tertiary alicyclic amines) is 2. The molecule has 0 bridgehead atoms. The van der Waals surface area contributed by atoms with Gasteiger partial charge in [0.1, 0.15) is 17.2 Å². The molecule has 2 amide bonds. The number of hydrogen-bond acceptors (Lipinski definition) is 3. The van der Waals surface area contributed by atoms with Crippen molar-refractivity contribution in [3.05, 3.63) is 35.4 Å². The molecule has 3 rings (SSSR count). The van der Waals surface area contributed by atoms with E-state index < -0.39 is 23.1 Å². The standard InChI is InChI=1S/C19H25F2N3O2/c1-22-18(25)14-11-24(10-13(14)12-6-8-23(2)9-7-12)19(26)17-15(20)4-3-5-16(17)21/h3-5,12-14H,6-11H2,1-2H3,(H,22,25). The van der Waals surface area contributed by atoms with Crippen LogP contribution in [0.25, 0.3) is 0 Å². The molecule has 1 N–H and O–H groups in total. The maximum Gasteiger partial charge on any atom is 0.259 e. The molecule has 2 aliphatic rings. The lowest BCUT2D eigenvalue weighted by atomic mass is 9.78. The number of hydrogen-bond donors (Lipinski definition) is 1. The molecule has 0 saturated carbocycles. The number of piperidine rings is 1. The molecule has 2 saturated heterocycles. The van der Waals surface area contributed by atoms with E-state index in [-0.39, 0.29) is 24.3 Å². The van der Waals surface area contributed by atoms with Crippen molar-refractivity contribution >= 4 is 11.8 Å². The van der Waals surface area contributed by atoms with E-state index in [4.69, 9.17) is 0 Å². The van der Waals surface area contributed by atoms with Gasteiger partial charge < -0.3 is 15.1 Å². The van der Waals surface area contributed by atoms with Gasteiger partial charge in [0.05, 0.1) is 5.92 Å². The SMILES string of the molecule is CNC(=O)C1CN(C(=O)c2c(F)cccc2F)CC1C1CCN(C)CC1. The Morgan fingerprint density at radius 3 is 2.31 bits per heavy atom. The minimum absolute atomic E-state index is 0.0161. The quantitative estimate of drug-likeness (QED) is 0.888. The molecule has 2 atom stereocenters. The fraction of sp³-hybridized carbons (Fsp3) is 0.579. The van der Waals surface area contributed by atoms with Crippen LogP contribution in [0.5, 0.6) is 0 Å². The Bertz CT molecular complexity index is 669. The van der Waals surface area contributed by atoms with E-state index in [1.165, 1.54) is 11.0 Å². The van der Waals surface area contributed by atoms with Crippen molar-refractivity contribution in [2.75, 3.05) is 40.3 Å². The maximum absolute atomic E-state index is 14.0. The summed E-state index contributed by atoms with van der Waals surface area (Å²) < 4.78 is 28.0. The summed E-state index contributed by atoms with van der Waals surface area (Å²) in [6.45, 7) is 2.47. The second-order valence-corrected chi connectivity index (χ2v) is 7.33. The summed E-state index contributed by atoms with van der Waals surface area (Å²) in [6, 6.07) is 3.40. The second kappa shape index (κ2) is 7.70. The van der Waals surface area contributed by atoms with Gasteiger partial charge in [0, 0.05) is 20.1 Å². The maximum atomic E-state index is 14.0. The predicted molar refractivity (Wildman–Crippen MR) is 93.5 cm³/mol. The smallest absolute Gasteiger partial charge is 0.259 e. The fourth-order valence-electron chi connectivity index (χ4n) is 4.25. The van der Waals surface area contributed by atoms with Crippen LogP contribution in [-0.2, 0) is 4.79 Å². The molecule has 7 heteroatoms. The summed E-state index contributed by atoms with van der Waals surface area (Å²) in [5.74, 6) is -2.52. The first-order chi connectivity index (χ1) is 12.4. The zero-order valence-electron chi connectivity index (χ0n) is 15.2. The van der Waals surface area contributed by atoms with Crippen LogP contribution < -0.4 is 5.32 Å². The number of carbonyl (C=O) groups is 2. The van der Waals surface area contributed by atoms with E-state index in [0.29, 0.717) is 12.5 Å². The van der Waals surface area contributed by atoms with Crippen LogP contribution in [-0.4, -0.2) is 61.9 Å². The summed E-state index contributed by atoms with van der Waals surface area (Å²) in [4.78, 5) is 28.8. The zero-order chi connectivity index (χ0) is 18.8. The average molecular weight is 365 g/mol. The minimum atomic E-state index is -0.866. The van der Waals surface area contributed by atoms with Crippen molar-refractivity contribution in [1.82, 2.24) is 15.1 Å². The van der Waals surface area contributed by atoms with E-state index in [0.717, 1.165) is 38.1 Å². The number of benzene rings is 1. The first-order valence-corrected chi connectivity index (χ1v) is 9.05. The highest BCUT2D eigenvalue weighted by atomic mass is 19.1. The molecular formula is C19H25F2N3O2. The molecule has 26 heavy (non-hydrogen) atoms. The van der Waals surface area contributed by atoms with Crippen LogP contribution in [0.15, 0.2) is 18.2 Å². The molecule has 1 aromatic rings. The van der Waals surface area contributed by atoms with Gasteiger partial charge >= 0.3 is 0 Å². The van der Waals surface area contributed by atoms with Crippen LogP contribution in [0.3, 0.4) is 0 Å². The van der Waals surface area contributed by atoms with Crippen LogP contribution >= 0.6 is 0 Å².